The lowest BCUT2D eigenvalue weighted by Gasteiger charge is -2.14. The molecule has 0 saturated carbocycles. The third-order valence-corrected chi connectivity index (χ3v) is 5.83. The van der Waals surface area contributed by atoms with Crippen LogP contribution in [0, 0.1) is 0 Å². The van der Waals surface area contributed by atoms with Crippen molar-refractivity contribution in [2.24, 2.45) is 0 Å². The molecule has 1 N–H and O–H groups in total. The van der Waals surface area contributed by atoms with Crippen LogP contribution in [0.15, 0.2) is 35.7 Å². The standard InChI is InChI=1S/C16H21NO3S2/c1-16(2,3)14-9-21-15(17-14)11-22(19,20)10-13(18)12-7-5-4-6-8-12/h4-9,13,18H,10-11H2,1-3H3. The predicted molar refractivity (Wildman–Crippen MR) is 89.7 cm³/mol. The van der Waals surface area contributed by atoms with E-state index in [0.717, 1.165) is 5.69 Å². The summed E-state index contributed by atoms with van der Waals surface area (Å²) >= 11 is 1.35. The van der Waals surface area contributed by atoms with Crippen molar-refractivity contribution in [3.05, 3.63) is 52.0 Å². The molecular formula is C16H21NO3S2. The van der Waals surface area contributed by atoms with Gasteiger partial charge < -0.3 is 5.11 Å². The molecule has 0 aliphatic rings. The zero-order valence-corrected chi connectivity index (χ0v) is 14.6. The molecule has 0 amide bonds. The Kier molecular flexibility index (Phi) is 5.04. The van der Waals surface area contributed by atoms with Crippen molar-refractivity contribution in [3.8, 4) is 0 Å². The second kappa shape index (κ2) is 6.48. The van der Waals surface area contributed by atoms with Gasteiger partial charge in [-0.05, 0) is 5.56 Å². The second-order valence-corrected chi connectivity index (χ2v) is 9.41. The molecule has 4 nitrogen and oxygen atoms in total. The van der Waals surface area contributed by atoms with Crippen molar-refractivity contribution < 1.29 is 13.5 Å². The van der Waals surface area contributed by atoms with E-state index in [0.29, 0.717) is 10.6 Å². The maximum absolute atomic E-state index is 12.2. The third-order valence-electron chi connectivity index (χ3n) is 3.26. The number of benzene rings is 1. The highest BCUT2D eigenvalue weighted by atomic mass is 32.2. The maximum atomic E-state index is 12.2. The Bertz CT molecular complexity index is 715. The van der Waals surface area contributed by atoms with Crippen molar-refractivity contribution in [1.29, 1.82) is 0 Å². The van der Waals surface area contributed by atoms with Crippen LogP contribution in [0.3, 0.4) is 0 Å². The van der Waals surface area contributed by atoms with E-state index in [1.807, 2.05) is 32.2 Å². The lowest BCUT2D eigenvalue weighted by atomic mass is 9.93. The highest BCUT2D eigenvalue weighted by Crippen LogP contribution is 2.25. The number of hydrogen-bond donors (Lipinski definition) is 1. The number of aromatic nitrogens is 1. The van der Waals surface area contributed by atoms with E-state index < -0.39 is 15.9 Å². The van der Waals surface area contributed by atoms with Crippen molar-refractivity contribution in [2.45, 2.75) is 38.0 Å². The van der Waals surface area contributed by atoms with Crippen molar-refractivity contribution in [1.82, 2.24) is 4.98 Å². The summed E-state index contributed by atoms with van der Waals surface area (Å²) in [5.74, 6) is -0.418. The Morgan fingerprint density at radius 1 is 1.23 bits per heavy atom. The first-order valence-electron chi connectivity index (χ1n) is 7.06. The monoisotopic (exact) mass is 339 g/mol. The molecule has 120 valence electrons. The molecule has 1 unspecified atom stereocenters. The molecule has 22 heavy (non-hydrogen) atoms. The van der Waals surface area contributed by atoms with E-state index in [1.165, 1.54) is 11.3 Å². The molecule has 6 heteroatoms. The number of aliphatic hydroxyl groups excluding tert-OH is 1. The van der Waals surface area contributed by atoms with Gasteiger partial charge in [0.15, 0.2) is 9.84 Å². The topological polar surface area (TPSA) is 67.3 Å². The predicted octanol–water partition coefficient (Wildman–Crippen LogP) is 3.09. The average Bonchev–Trinajstić information content (AvgIpc) is 2.86. The molecule has 0 radical (unpaired) electrons. The molecule has 1 aromatic heterocycles. The van der Waals surface area contributed by atoms with Gasteiger partial charge in [0.25, 0.3) is 0 Å². The van der Waals surface area contributed by atoms with E-state index in [2.05, 4.69) is 4.98 Å². The highest BCUT2D eigenvalue weighted by Gasteiger charge is 2.23. The molecular weight excluding hydrogens is 318 g/mol. The molecule has 0 saturated heterocycles. The normalized spacial score (nSPS) is 14.0. The molecule has 0 bridgehead atoms. The van der Waals surface area contributed by atoms with Crippen molar-refractivity contribution >= 4 is 21.2 Å². The van der Waals surface area contributed by atoms with Crippen LogP contribution in [-0.4, -0.2) is 24.3 Å². The number of thiazole rings is 1. The summed E-state index contributed by atoms with van der Waals surface area (Å²) < 4.78 is 24.5. The minimum Gasteiger partial charge on any atom is -0.387 e. The lowest BCUT2D eigenvalue weighted by Crippen LogP contribution is -2.17. The first-order chi connectivity index (χ1) is 10.2. The molecule has 2 aromatic rings. The average molecular weight is 339 g/mol. The van der Waals surface area contributed by atoms with Crippen LogP contribution in [0.1, 0.15) is 43.1 Å². The van der Waals surface area contributed by atoms with Gasteiger partial charge in [-0.2, -0.15) is 0 Å². The summed E-state index contributed by atoms with van der Waals surface area (Å²) in [6.07, 6.45) is -1.01. The van der Waals surface area contributed by atoms with E-state index in [4.69, 9.17) is 0 Å². The van der Waals surface area contributed by atoms with Crippen LogP contribution in [-0.2, 0) is 21.0 Å². The van der Waals surface area contributed by atoms with Crippen LogP contribution in [0.2, 0.25) is 0 Å². The number of nitrogens with zero attached hydrogens (tertiary/aromatic N) is 1. The van der Waals surface area contributed by atoms with Crippen LogP contribution in [0.25, 0.3) is 0 Å². The largest absolute Gasteiger partial charge is 0.387 e. The Balaban J connectivity index is 2.07. The van der Waals surface area contributed by atoms with Crippen LogP contribution in [0.5, 0.6) is 0 Å². The molecule has 1 atom stereocenters. The quantitative estimate of drug-likeness (QED) is 0.909. The first-order valence-corrected chi connectivity index (χ1v) is 9.76. The van der Waals surface area contributed by atoms with E-state index in [9.17, 15) is 13.5 Å². The maximum Gasteiger partial charge on any atom is 0.159 e. The molecule has 0 aliphatic heterocycles. The van der Waals surface area contributed by atoms with Gasteiger partial charge in [0.2, 0.25) is 0 Å². The molecule has 1 heterocycles. The summed E-state index contributed by atoms with van der Waals surface area (Å²) in [5, 5.41) is 12.5. The van der Waals surface area contributed by atoms with Crippen molar-refractivity contribution in [3.63, 3.8) is 0 Å². The Morgan fingerprint density at radius 2 is 1.86 bits per heavy atom. The minimum absolute atomic E-state index is 0.0952. The molecule has 0 aliphatic carbocycles. The van der Waals surface area contributed by atoms with Gasteiger partial charge >= 0.3 is 0 Å². The summed E-state index contributed by atoms with van der Waals surface area (Å²) in [5.41, 5.74) is 1.41. The lowest BCUT2D eigenvalue weighted by molar-refractivity contribution is 0.201. The van der Waals surface area contributed by atoms with Gasteiger partial charge in [-0.1, -0.05) is 51.1 Å². The first kappa shape index (κ1) is 17.1. The zero-order chi connectivity index (χ0) is 16.4. The zero-order valence-electron chi connectivity index (χ0n) is 13.0. The second-order valence-electron chi connectivity index (χ2n) is 6.36. The van der Waals surface area contributed by atoms with Gasteiger partial charge in [-0.25, -0.2) is 13.4 Å². The number of rotatable bonds is 5. The smallest absolute Gasteiger partial charge is 0.159 e. The highest BCUT2D eigenvalue weighted by molar-refractivity contribution is 7.90. The van der Waals surface area contributed by atoms with Gasteiger partial charge in [-0.15, -0.1) is 11.3 Å². The summed E-state index contributed by atoms with van der Waals surface area (Å²) in [7, 11) is -3.42. The SMILES string of the molecule is CC(C)(C)c1csc(CS(=O)(=O)CC(O)c2ccccc2)n1. The van der Waals surface area contributed by atoms with Gasteiger partial charge in [0, 0.05) is 10.8 Å². The molecule has 1 aromatic carbocycles. The van der Waals surface area contributed by atoms with E-state index >= 15 is 0 Å². The number of sulfone groups is 1. The fraction of sp³-hybridized carbons (Fsp3) is 0.438. The Hall–Kier alpha value is -1.24. The third kappa shape index (κ3) is 4.63. The van der Waals surface area contributed by atoms with Gasteiger partial charge in [0.05, 0.1) is 17.6 Å². The molecule has 0 spiro atoms. The van der Waals surface area contributed by atoms with Crippen LogP contribution < -0.4 is 0 Å². The van der Waals surface area contributed by atoms with E-state index in [1.54, 1.807) is 24.3 Å². The summed E-state index contributed by atoms with van der Waals surface area (Å²) in [6, 6.07) is 8.83. The van der Waals surface area contributed by atoms with Gasteiger partial charge in [-0.3, -0.25) is 0 Å². The Morgan fingerprint density at radius 3 is 2.41 bits per heavy atom. The van der Waals surface area contributed by atoms with Crippen LogP contribution >= 0.6 is 11.3 Å². The molecule has 2 rings (SSSR count). The number of aliphatic hydroxyl groups is 1. The Labute approximate surface area is 135 Å². The minimum atomic E-state index is -3.42. The number of hydrogen-bond acceptors (Lipinski definition) is 5. The van der Waals surface area contributed by atoms with Crippen LogP contribution in [0.4, 0.5) is 0 Å². The van der Waals surface area contributed by atoms with Gasteiger partial charge in [0.1, 0.15) is 10.8 Å². The summed E-state index contributed by atoms with van der Waals surface area (Å²) in [6.45, 7) is 6.12. The van der Waals surface area contributed by atoms with Crippen molar-refractivity contribution in [2.75, 3.05) is 5.75 Å². The van der Waals surface area contributed by atoms with E-state index in [-0.39, 0.29) is 16.9 Å². The summed E-state index contributed by atoms with van der Waals surface area (Å²) in [4.78, 5) is 4.40. The fourth-order valence-corrected chi connectivity index (χ4v) is 4.83. The molecule has 0 fully saturated rings. The fourth-order valence-electron chi connectivity index (χ4n) is 1.98.